The molecule has 3 N–H and O–H groups in total. The summed E-state index contributed by atoms with van der Waals surface area (Å²) in [5.74, 6) is 0.151. The zero-order valence-electron chi connectivity index (χ0n) is 14.2. The standard InChI is InChI=1S/C18H26N4O2/c1-12-4-2-6-15(20-12)17(13-7-8-13)21-18(24)14-5-3-9-22(10-14)11-16(19)23/h2,4,6,13-14,17H,3,5,7-11H2,1H3,(H2,19,23)(H,21,24). The Kier molecular flexibility index (Phi) is 5.14. The lowest BCUT2D eigenvalue weighted by Crippen LogP contribution is -2.46. The minimum atomic E-state index is -0.337. The Morgan fingerprint density at radius 1 is 1.38 bits per heavy atom. The van der Waals surface area contributed by atoms with Crippen LogP contribution < -0.4 is 11.1 Å². The Labute approximate surface area is 142 Å². The molecule has 0 radical (unpaired) electrons. The Bertz CT molecular complexity index is 615. The highest BCUT2D eigenvalue weighted by Gasteiger charge is 2.36. The molecule has 2 atom stereocenters. The Hall–Kier alpha value is -1.95. The molecule has 2 amide bonds. The maximum absolute atomic E-state index is 12.7. The van der Waals surface area contributed by atoms with Gasteiger partial charge in [-0.3, -0.25) is 19.5 Å². The smallest absolute Gasteiger partial charge is 0.231 e. The topological polar surface area (TPSA) is 88.3 Å². The summed E-state index contributed by atoms with van der Waals surface area (Å²) in [5.41, 5.74) is 7.20. The van der Waals surface area contributed by atoms with Crippen LogP contribution in [0.25, 0.3) is 0 Å². The number of primary amides is 1. The van der Waals surface area contributed by atoms with E-state index in [2.05, 4.69) is 10.3 Å². The zero-order chi connectivity index (χ0) is 17.1. The van der Waals surface area contributed by atoms with Crippen molar-refractivity contribution in [2.24, 2.45) is 17.6 Å². The van der Waals surface area contributed by atoms with Gasteiger partial charge in [-0.1, -0.05) is 6.07 Å². The van der Waals surface area contributed by atoms with Gasteiger partial charge in [0.05, 0.1) is 24.2 Å². The van der Waals surface area contributed by atoms with Gasteiger partial charge in [0.25, 0.3) is 0 Å². The van der Waals surface area contributed by atoms with E-state index in [4.69, 9.17) is 5.73 Å². The number of likely N-dealkylation sites (tertiary alicyclic amines) is 1. The number of carbonyl (C=O) groups is 2. The van der Waals surface area contributed by atoms with Crippen LogP contribution in [0.1, 0.15) is 43.1 Å². The van der Waals surface area contributed by atoms with Gasteiger partial charge in [-0.05, 0) is 57.2 Å². The molecule has 130 valence electrons. The molecule has 0 aromatic carbocycles. The van der Waals surface area contributed by atoms with E-state index in [-0.39, 0.29) is 30.3 Å². The average molecular weight is 330 g/mol. The number of pyridine rings is 1. The number of nitrogens with zero attached hydrogens (tertiary/aromatic N) is 2. The SMILES string of the molecule is Cc1cccc(C(NC(=O)C2CCCN(CC(N)=O)C2)C2CC2)n1. The van der Waals surface area contributed by atoms with Gasteiger partial charge < -0.3 is 11.1 Å². The summed E-state index contributed by atoms with van der Waals surface area (Å²) < 4.78 is 0. The fourth-order valence-electron chi connectivity index (χ4n) is 3.50. The Morgan fingerprint density at radius 3 is 2.83 bits per heavy atom. The quantitative estimate of drug-likeness (QED) is 0.819. The number of hydrogen-bond acceptors (Lipinski definition) is 4. The lowest BCUT2D eigenvalue weighted by Gasteiger charge is -2.32. The molecule has 1 saturated heterocycles. The minimum absolute atomic E-state index is 0.00363. The first kappa shape index (κ1) is 16.9. The monoisotopic (exact) mass is 330 g/mol. The molecule has 6 nitrogen and oxygen atoms in total. The number of carbonyl (C=O) groups excluding carboxylic acids is 2. The molecule has 2 unspecified atom stereocenters. The molecule has 2 aliphatic rings. The highest BCUT2D eigenvalue weighted by Crippen LogP contribution is 2.40. The summed E-state index contributed by atoms with van der Waals surface area (Å²) >= 11 is 0. The van der Waals surface area contributed by atoms with Gasteiger partial charge in [-0.2, -0.15) is 0 Å². The molecule has 1 aliphatic heterocycles. The van der Waals surface area contributed by atoms with E-state index in [0.717, 1.165) is 43.6 Å². The molecular weight excluding hydrogens is 304 g/mol. The largest absolute Gasteiger partial charge is 0.369 e. The predicted molar refractivity (Wildman–Crippen MR) is 90.9 cm³/mol. The van der Waals surface area contributed by atoms with E-state index in [1.807, 2.05) is 30.0 Å². The van der Waals surface area contributed by atoms with Crippen molar-refractivity contribution < 1.29 is 9.59 Å². The first-order valence-corrected chi connectivity index (χ1v) is 8.77. The summed E-state index contributed by atoms with van der Waals surface area (Å²) in [6, 6.07) is 5.96. The lowest BCUT2D eigenvalue weighted by atomic mass is 9.96. The number of nitrogens with two attached hydrogens (primary N) is 1. The van der Waals surface area contributed by atoms with Crippen LogP contribution in [0.15, 0.2) is 18.2 Å². The number of aromatic nitrogens is 1. The molecule has 6 heteroatoms. The summed E-state index contributed by atoms with van der Waals surface area (Å²) in [5, 5.41) is 3.22. The van der Waals surface area contributed by atoms with Crippen molar-refractivity contribution in [1.29, 1.82) is 0 Å². The Morgan fingerprint density at radius 2 is 2.17 bits per heavy atom. The predicted octanol–water partition coefficient (Wildman–Crippen LogP) is 1.15. The molecular formula is C18H26N4O2. The lowest BCUT2D eigenvalue weighted by molar-refractivity contribution is -0.129. The molecule has 2 fully saturated rings. The third-order valence-corrected chi connectivity index (χ3v) is 4.88. The Balaban J connectivity index is 1.64. The number of aryl methyl sites for hydroxylation is 1. The molecule has 2 heterocycles. The summed E-state index contributed by atoms with van der Waals surface area (Å²) in [4.78, 5) is 30.4. The average Bonchev–Trinajstić information content (AvgIpc) is 3.36. The second-order valence-corrected chi connectivity index (χ2v) is 7.07. The summed E-state index contributed by atoms with van der Waals surface area (Å²) in [6.45, 7) is 3.64. The van der Waals surface area contributed by atoms with E-state index in [0.29, 0.717) is 12.5 Å². The summed E-state index contributed by atoms with van der Waals surface area (Å²) in [7, 11) is 0. The van der Waals surface area contributed by atoms with Crippen molar-refractivity contribution in [2.45, 2.75) is 38.6 Å². The molecule has 0 bridgehead atoms. The van der Waals surface area contributed by atoms with Crippen molar-refractivity contribution in [3.05, 3.63) is 29.6 Å². The highest BCUT2D eigenvalue weighted by molar-refractivity contribution is 5.80. The van der Waals surface area contributed by atoms with Crippen molar-refractivity contribution in [1.82, 2.24) is 15.2 Å². The number of nitrogens with one attached hydrogen (secondary N) is 1. The first-order valence-electron chi connectivity index (χ1n) is 8.77. The van der Waals surface area contributed by atoms with Crippen LogP contribution in [0.3, 0.4) is 0 Å². The van der Waals surface area contributed by atoms with Crippen molar-refractivity contribution in [3.8, 4) is 0 Å². The maximum Gasteiger partial charge on any atom is 0.231 e. The van der Waals surface area contributed by atoms with E-state index in [9.17, 15) is 9.59 Å². The minimum Gasteiger partial charge on any atom is -0.369 e. The molecule has 3 rings (SSSR count). The molecule has 1 saturated carbocycles. The molecule has 1 aliphatic carbocycles. The van der Waals surface area contributed by atoms with Crippen LogP contribution >= 0.6 is 0 Å². The number of piperidine rings is 1. The maximum atomic E-state index is 12.7. The zero-order valence-corrected chi connectivity index (χ0v) is 14.2. The fraction of sp³-hybridized carbons (Fsp3) is 0.611. The second kappa shape index (κ2) is 7.30. The number of rotatable bonds is 6. The van der Waals surface area contributed by atoms with Crippen molar-refractivity contribution >= 4 is 11.8 Å². The molecule has 24 heavy (non-hydrogen) atoms. The van der Waals surface area contributed by atoms with E-state index < -0.39 is 0 Å². The summed E-state index contributed by atoms with van der Waals surface area (Å²) in [6.07, 6.45) is 4.06. The molecule has 0 spiro atoms. The van der Waals surface area contributed by atoms with Crippen LogP contribution in [0, 0.1) is 18.8 Å². The van der Waals surface area contributed by atoms with Gasteiger partial charge in [0.1, 0.15) is 0 Å². The van der Waals surface area contributed by atoms with Gasteiger partial charge in [-0.25, -0.2) is 0 Å². The molecule has 1 aromatic heterocycles. The van der Waals surface area contributed by atoms with E-state index >= 15 is 0 Å². The van der Waals surface area contributed by atoms with E-state index in [1.165, 1.54) is 0 Å². The second-order valence-electron chi connectivity index (χ2n) is 7.07. The number of amides is 2. The van der Waals surface area contributed by atoms with E-state index in [1.54, 1.807) is 0 Å². The van der Waals surface area contributed by atoms with Crippen LogP contribution in [0.2, 0.25) is 0 Å². The first-order chi connectivity index (χ1) is 11.5. The van der Waals surface area contributed by atoms with Crippen molar-refractivity contribution in [3.63, 3.8) is 0 Å². The van der Waals surface area contributed by atoms with Gasteiger partial charge in [0.2, 0.25) is 11.8 Å². The highest BCUT2D eigenvalue weighted by atomic mass is 16.2. The fourth-order valence-corrected chi connectivity index (χ4v) is 3.50. The third kappa shape index (κ3) is 4.32. The van der Waals surface area contributed by atoms with Crippen LogP contribution in [0.5, 0.6) is 0 Å². The van der Waals surface area contributed by atoms with Crippen molar-refractivity contribution in [2.75, 3.05) is 19.6 Å². The van der Waals surface area contributed by atoms with Crippen LogP contribution in [0.4, 0.5) is 0 Å². The number of hydrogen-bond donors (Lipinski definition) is 2. The van der Waals surface area contributed by atoms with Gasteiger partial charge >= 0.3 is 0 Å². The third-order valence-electron chi connectivity index (χ3n) is 4.88. The van der Waals surface area contributed by atoms with Gasteiger partial charge in [0, 0.05) is 12.2 Å². The molecule has 1 aromatic rings. The normalized spacial score (nSPS) is 22.8. The van der Waals surface area contributed by atoms with Crippen LogP contribution in [-0.4, -0.2) is 41.3 Å². The van der Waals surface area contributed by atoms with Crippen LogP contribution in [-0.2, 0) is 9.59 Å². The van der Waals surface area contributed by atoms with Gasteiger partial charge in [-0.15, -0.1) is 0 Å². The van der Waals surface area contributed by atoms with Gasteiger partial charge in [0.15, 0.2) is 0 Å².